The average molecular weight is 528 g/mol. The summed E-state index contributed by atoms with van der Waals surface area (Å²) in [7, 11) is 3.36. The highest BCUT2D eigenvalue weighted by molar-refractivity contribution is 7.17. The third-order valence-electron chi connectivity index (χ3n) is 7.58. The van der Waals surface area contributed by atoms with Crippen LogP contribution in [0.15, 0.2) is 90.3 Å². The van der Waals surface area contributed by atoms with Gasteiger partial charge >= 0.3 is 5.97 Å². The van der Waals surface area contributed by atoms with Gasteiger partial charge in [0.25, 0.3) is 0 Å². The van der Waals surface area contributed by atoms with E-state index < -0.39 is 11.4 Å². The minimum Gasteiger partial charge on any atom is -0.497 e. The molecule has 0 radical (unpaired) electrons. The van der Waals surface area contributed by atoms with Crippen LogP contribution in [0.1, 0.15) is 29.5 Å². The molecule has 0 amide bonds. The van der Waals surface area contributed by atoms with E-state index in [4.69, 9.17) is 9.47 Å². The Morgan fingerprint density at radius 3 is 2.21 bits per heavy atom. The smallest absolute Gasteiger partial charge is 0.307 e. The highest BCUT2D eigenvalue weighted by Crippen LogP contribution is 2.43. The first-order chi connectivity index (χ1) is 18.5. The predicted molar refractivity (Wildman–Crippen MR) is 154 cm³/mol. The van der Waals surface area contributed by atoms with E-state index in [1.807, 2.05) is 24.3 Å². The van der Waals surface area contributed by atoms with Crippen LogP contribution >= 0.6 is 11.3 Å². The first kappa shape index (κ1) is 26.0. The summed E-state index contributed by atoms with van der Waals surface area (Å²) in [6.45, 7) is 2.18. The number of carbonyl (C=O) groups is 1. The molecular weight excluding hydrogens is 494 g/mol. The lowest BCUT2D eigenvalue weighted by Gasteiger charge is -2.34. The number of benzene rings is 3. The number of methoxy groups -OCH3 is 2. The highest BCUT2D eigenvalue weighted by Gasteiger charge is 2.34. The van der Waals surface area contributed by atoms with E-state index in [-0.39, 0.29) is 5.92 Å². The Bertz CT molecular complexity index is 1360. The summed E-state index contributed by atoms with van der Waals surface area (Å²) < 4.78 is 12.2. The van der Waals surface area contributed by atoms with Crippen molar-refractivity contribution in [1.29, 1.82) is 0 Å². The first-order valence-electron chi connectivity index (χ1n) is 12.9. The normalized spacial score (nSPS) is 16.6. The van der Waals surface area contributed by atoms with Crippen LogP contribution in [0.3, 0.4) is 0 Å². The number of thiophene rings is 1. The number of ether oxygens (including phenoxy) is 2. The second kappa shape index (κ2) is 11.4. The molecule has 2 heterocycles. The molecule has 6 heteroatoms. The number of carboxylic acids is 1. The number of rotatable bonds is 9. The van der Waals surface area contributed by atoms with Gasteiger partial charge in [0.15, 0.2) is 0 Å². The van der Waals surface area contributed by atoms with Gasteiger partial charge in [-0.2, -0.15) is 0 Å². The molecule has 0 saturated carbocycles. The van der Waals surface area contributed by atoms with Crippen molar-refractivity contribution in [3.8, 4) is 11.5 Å². The van der Waals surface area contributed by atoms with Crippen molar-refractivity contribution < 1.29 is 19.4 Å². The number of aliphatic carboxylic acids is 1. The highest BCUT2D eigenvalue weighted by atomic mass is 32.1. The fourth-order valence-electron chi connectivity index (χ4n) is 5.51. The second-order valence-electron chi connectivity index (χ2n) is 9.78. The molecule has 4 aromatic rings. The molecule has 1 atom stereocenters. The van der Waals surface area contributed by atoms with E-state index in [1.165, 1.54) is 10.1 Å². The van der Waals surface area contributed by atoms with Gasteiger partial charge in [-0.1, -0.05) is 42.5 Å². The maximum absolute atomic E-state index is 11.6. The number of fused-ring (bicyclic) bond motifs is 1. The number of likely N-dealkylation sites (tertiary alicyclic amines) is 1. The number of hydrogen-bond donors (Lipinski definition) is 1. The van der Waals surface area contributed by atoms with Gasteiger partial charge in [0.1, 0.15) is 11.5 Å². The molecule has 5 rings (SSSR count). The molecule has 0 spiro atoms. The van der Waals surface area contributed by atoms with Crippen LogP contribution in [0.5, 0.6) is 11.5 Å². The molecule has 3 aromatic carbocycles. The van der Waals surface area contributed by atoms with Crippen LogP contribution in [0, 0.1) is 5.92 Å². The van der Waals surface area contributed by atoms with Crippen molar-refractivity contribution in [3.63, 3.8) is 0 Å². The van der Waals surface area contributed by atoms with Crippen LogP contribution in [-0.4, -0.2) is 49.8 Å². The molecule has 1 N–H and O–H groups in total. The monoisotopic (exact) mass is 527 g/mol. The molecule has 0 aliphatic carbocycles. The quantitative estimate of drug-likeness (QED) is 0.196. The first-order valence-corrected chi connectivity index (χ1v) is 13.8. The number of hydrogen-bond acceptors (Lipinski definition) is 5. The molecule has 1 aliphatic rings. The summed E-state index contributed by atoms with van der Waals surface area (Å²) in [6.07, 6.45) is 6.14. The molecule has 0 bridgehead atoms. The lowest BCUT2D eigenvalue weighted by molar-refractivity contribution is -0.143. The fraction of sp³-hybridized carbons (Fsp3) is 0.281. The molecule has 1 aromatic heterocycles. The molecule has 1 aliphatic heterocycles. The minimum absolute atomic E-state index is 0.300. The van der Waals surface area contributed by atoms with Crippen molar-refractivity contribution in [3.05, 3.63) is 107 Å². The van der Waals surface area contributed by atoms with Crippen molar-refractivity contribution in [2.24, 2.45) is 5.92 Å². The lowest BCUT2D eigenvalue weighted by atomic mass is 9.69. The van der Waals surface area contributed by atoms with Gasteiger partial charge in [0.2, 0.25) is 0 Å². The summed E-state index contributed by atoms with van der Waals surface area (Å²) in [5.41, 5.74) is 2.83. The van der Waals surface area contributed by atoms with Gasteiger partial charge in [-0.05, 0) is 89.3 Å². The van der Waals surface area contributed by atoms with Crippen LogP contribution < -0.4 is 9.47 Å². The minimum atomic E-state index is -0.700. The topological polar surface area (TPSA) is 59.0 Å². The van der Waals surface area contributed by atoms with Gasteiger partial charge in [0.05, 0.1) is 25.6 Å². The zero-order valence-electron chi connectivity index (χ0n) is 21.8. The van der Waals surface area contributed by atoms with E-state index in [0.29, 0.717) is 13.1 Å². The third kappa shape index (κ3) is 5.19. The van der Waals surface area contributed by atoms with E-state index in [2.05, 4.69) is 71.0 Å². The van der Waals surface area contributed by atoms with E-state index in [1.54, 1.807) is 25.6 Å². The zero-order valence-corrected chi connectivity index (χ0v) is 22.6. The summed E-state index contributed by atoms with van der Waals surface area (Å²) in [6, 6.07) is 25.4. The fourth-order valence-corrected chi connectivity index (χ4v) is 6.28. The molecular formula is C32H33NO4S. The van der Waals surface area contributed by atoms with E-state index in [9.17, 15) is 9.90 Å². The van der Waals surface area contributed by atoms with Crippen LogP contribution in [-0.2, 0) is 10.2 Å². The van der Waals surface area contributed by atoms with E-state index in [0.717, 1.165) is 47.6 Å². The molecule has 1 fully saturated rings. The Labute approximate surface area is 227 Å². The van der Waals surface area contributed by atoms with Crippen molar-refractivity contribution in [2.45, 2.75) is 18.3 Å². The Balaban J connectivity index is 1.63. The Morgan fingerprint density at radius 2 is 1.61 bits per heavy atom. The lowest BCUT2D eigenvalue weighted by Crippen LogP contribution is -2.38. The van der Waals surface area contributed by atoms with Crippen molar-refractivity contribution in [2.75, 3.05) is 33.9 Å². The largest absolute Gasteiger partial charge is 0.497 e. The van der Waals surface area contributed by atoms with Gasteiger partial charge in [-0.15, -0.1) is 11.3 Å². The number of allylic oxidation sites excluding steroid dienone is 1. The van der Waals surface area contributed by atoms with Crippen molar-refractivity contribution >= 4 is 27.4 Å². The number of carboxylic acid groups (broad SMARTS) is 1. The van der Waals surface area contributed by atoms with Crippen molar-refractivity contribution in [1.82, 2.24) is 4.90 Å². The maximum atomic E-state index is 11.6. The summed E-state index contributed by atoms with van der Waals surface area (Å²) in [5, 5.41) is 12.9. The molecule has 196 valence electrons. The predicted octanol–water partition coefficient (Wildman–Crippen LogP) is 6.61. The molecule has 0 unspecified atom stereocenters. The number of piperidine rings is 1. The summed E-state index contributed by atoms with van der Waals surface area (Å²) in [4.78, 5) is 13.9. The maximum Gasteiger partial charge on any atom is 0.307 e. The average Bonchev–Trinajstić information content (AvgIpc) is 3.44. The standard InChI is InChI=1S/C32H33NO4S/c1-36-28-11-6-25(7-12-28)32(26-8-13-29(37-2)14-9-26,27-10-15-30-23(21-27)16-20-38-30)17-4-19-33-18-3-5-24(22-33)31(34)35/h4,6-17,20-21,24H,3,5,18-19,22H2,1-2H3,(H,34,35)/b17-4+/t24-/m0/s1. The molecule has 38 heavy (non-hydrogen) atoms. The van der Waals surface area contributed by atoms with Gasteiger partial charge in [-0.3, -0.25) is 9.69 Å². The SMILES string of the molecule is COc1ccc(C(/C=C/CN2CCC[C@H](C(=O)O)C2)(c2ccc(OC)cc2)c2ccc3sccc3c2)cc1. The molecule has 1 saturated heterocycles. The Morgan fingerprint density at radius 1 is 0.974 bits per heavy atom. The van der Waals surface area contributed by atoms with Crippen LogP contribution in [0.25, 0.3) is 10.1 Å². The van der Waals surface area contributed by atoms with Gasteiger partial charge < -0.3 is 14.6 Å². The number of nitrogens with zero attached hydrogens (tertiary/aromatic N) is 1. The zero-order chi connectivity index (χ0) is 26.5. The summed E-state index contributed by atoms with van der Waals surface area (Å²) >= 11 is 1.74. The molecule has 5 nitrogen and oxygen atoms in total. The van der Waals surface area contributed by atoms with Gasteiger partial charge in [0, 0.05) is 17.8 Å². The second-order valence-corrected chi connectivity index (χ2v) is 10.7. The summed E-state index contributed by atoms with van der Waals surface area (Å²) in [5.74, 6) is 0.616. The third-order valence-corrected chi connectivity index (χ3v) is 8.48. The Kier molecular flexibility index (Phi) is 7.82. The van der Waals surface area contributed by atoms with E-state index >= 15 is 0 Å². The Hall–Kier alpha value is -3.61. The van der Waals surface area contributed by atoms with Crippen LogP contribution in [0.4, 0.5) is 0 Å². The van der Waals surface area contributed by atoms with Gasteiger partial charge in [-0.25, -0.2) is 0 Å². The van der Waals surface area contributed by atoms with Crippen LogP contribution in [0.2, 0.25) is 0 Å².